The monoisotopic (exact) mass is 442 g/mol. The van der Waals surface area contributed by atoms with Gasteiger partial charge in [-0.1, -0.05) is 12.1 Å². The number of amides is 1. The highest BCUT2D eigenvalue weighted by Crippen LogP contribution is 2.26. The normalized spacial score (nSPS) is 16.8. The second-order valence-corrected chi connectivity index (χ2v) is 11.7. The van der Waals surface area contributed by atoms with Gasteiger partial charge in [0.25, 0.3) is 5.91 Å². The quantitative estimate of drug-likeness (QED) is 0.764. The summed E-state index contributed by atoms with van der Waals surface area (Å²) in [5, 5.41) is 4.77. The molecule has 1 aliphatic heterocycles. The van der Waals surface area contributed by atoms with Crippen LogP contribution in [0.3, 0.4) is 0 Å². The van der Waals surface area contributed by atoms with Gasteiger partial charge in [-0.2, -0.15) is 4.31 Å². The number of piperidine rings is 1. The second kappa shape index (κ2) is 7.94. The van der Waals surface area contributed by atoms with Gasteiger partial charge in [-0.3, -0.25) is 4.79 Å². The Morgan fingerprint density at radius 2 is 1.82 bits per heavy atom. The molecular weight excluding hydrogens is 420 g/mol. The molecule has 2 aromatic rings. The van der Waals surface area contributed by atoms with Crippen molar-refractivity contribution in [2.75, 3.05) is 19.3 Å². The van der Waals surface area contributed by atoms with E-state index in [9.17, 15) is 21.6 Å². The summed E-state index contributed by atoms with van der Waals surface area (Å²) >= 11 is 1.36. The first-order valence-electron chi connectivity index (χ1n) is 8.74. The molecule has 7 nitrogen and oxygen atoms in total. The lowest BCUT2D eigenvalue weighted by atomic mass is 10.1. The number of sulfone groups is 1. The van der Waals surface area contributed by atoms with Crippen LogP contribution >= 0.6 is 11.3 Å². The molecule has 0 aliphatic carbocycles. The number of nitrogens with one attached hydrogen (secondary N) is 1. The molecule has 10 heteroatoms. The fraction of sp³-hybridized carbons (Fsp3) is 0.389. The van der Waals surface area contributed by atoms with Crippen LogP contribution in [0, 0.1) is 6.92 Å². The Morgan fingerprint density at radius 3 is 2.39 bits per heavy atom. The highest BCUT2D eigenvalue weighted by molar-refractivity contribution is 7.91. The largest absolute Gasteiger partial charge is 0.349 e. The number of sulfonamides is 1. The van der Waals surface area contributed by atoms with Crippen molar-refractivity contribution in [2.45, 2.75) is 35.6 Å². The van der Waals surface area contributed by atoms with Crippen LogP contribution in [0.1, 0.15) is 28.1 Å². The molecule has 3 rings (SSSR count). The minimum absolute atomic E-state index is 0.0106. The van der Waals surface area contributed by atoms with Gasteiger partial charge in [0.05, 0.1) is 14.7 Å². The van der Waals surface area contributed by atoms with E-state index in [4.69, 9.17) is 0 Å². The molecule has 1 aliphatic rings. The molecule has 1 aromatic heterocycles. The number of hydrogen-bond acceptors (Lipinski definition) is 6. The van der Waals surface area contributed by atoms with Crippen molar-refractivity contribution in [3.8, 4) is 0 Å². The van der Waals surface area contributed by atoms with Crippen molar-refractivity contribution in [1.82, 2.24) is 9.62 Å². The molecule has 1 N–H and O–H groups in total. The predicted molar refractivity (Wildman–Crippen MR) is 108 cm³/mol. The SMILES string of the molecule is Cc1ccc(S(C)(=O)=O)cc1S(=O)(=O)N1CCC(NC(=O)c2cccs2)CC1. The number of carbonyl (C=O) groups is 1. The number of hydrogen-bond donors (Lipinski definition) is 1. The fourth-order valence-electron chi connectivity index (χ4n) is 3.13. The third-order valence-electron chi connectivity index (χ3n) is 4.74. The Morgan fingerprint density at radius 1 is 1.14 bits per heavy atom. The molecule has 0 bridgehead atoms. The average molecular weight is 443 g/mol. The second-order valence-electron chi connectivity index (χ2n) is 6.83. The number of thiophene rings is 1. The number of aryl methyl sites for hydroxylation is 1. The van der Waals surface area contributed by atoms with E-state index in [0.29, 0.717) is 23.3 Å². The number of nitrogens with zero attached hydrogens (tertiary/aromatic N) is 1. The van der Waals surface area contributed by atoms with Gasteiger partial charge in [0.15, 0.2) is 9.84 Å². The van der Waals surface area contributed by atoms with E-state index in [0.717, 1.165) is 6.26 Å². The van der Waals surface area contributed by atoms with Gasteiger partial charge in [-0.15, -0.1) is 11.3 Å². The maximum Gasteiger partial charge on any atom is 0.261 e. The summed E-state index contributed by atoms with van der Waals surface area (Å²) in [6.45, 7) is 2.17. The van der Waals surface area contributed by atoms with Gasteiger partial charge in [0.2, 0.25) is 10.0 Å². The van der Waals surface area contributed by atoms with Gasteiger partial charge in [-0.25, -0.2) is 16.8 Å². The van der Waals surface area contributed by atoms with Crippen LogP contribution < -0.4 is 5.32 Å². The lowest BCUT2D eigenvalue weighted by Crippen LogP contribution is -2.46. The summed E-state index contributed by atoms with van der Waals surface area (Å²) in [4.78, 5) is 12.8. The molecule has 1 aromatic carbocycles. The van der Waals surface area contributed by atoms with Crippen LogP contribution in [-0.4, -0.2) is 52.4 Å². The van der Waals surface area contributed by atoms with Crippen molar-refractivity contribution in [2.24, 2.45) is 0 Å². The van der Waals surface area contributed by atoms with E-state index in [1.54, 1.807) is 13.0 Å². The lowest BCUT2D eigenvalue weighted by Gasteiger charge is -2.32. The zero-order chi connectivity index (χ0) is 20.5. The summed E-state index contributed by atoms with van der Waals surface area (Å²) in [5.41, 5.74) is 0.500. The molecule has 28 heavy (non-hydrogen) atoms. The molecule has 1 amide bonds. The van der Waals surface area contributed by atoms with Crippen LogP contribution in [0.5, 0.6) is 0 Å². The van der Waals surface area contributed by atoms with E-state index in [-0.39, 0.29) is 34.8 Å². The van der Waals surface area contributed by atoms with Crippen LogP contribution in [-0.2, 0) is 19.9 Å². The van der Waals surface area contributed by atoms with E-state index >= 15 is 0 Å². The van der Waals surface area contributed by atoms with Crippen molar-refractivity contribution in [3.05, 3.63) is 46.2 Å². The standard InChI is InChI=1S/C18H22N2O5S3/c1-13-5-6-15(27(2,22)23)12-17(13)28(24,25)20-9-7-14(8-10-20)19-18(21)16-4-3-11-26-16/h3-6,11-12,14H,7-10H2,1-2H3,(H,19,21). The third kappa shape index (κ3) is 4.45. The molecule has 152 valence electrons. The van der Waals surface area contributed by atoms with Crippen LogP contribution in [0.15, 0.2) is 45.5 Å². The summed E-state index contributed by atoms with van der Waals surface area (Å²) in [6.07, 6.45) is 2.05. The van der Waals surface area contributed by atoms with Gasteiger partial charge < -0.3 is 5.32 Å². The maximum atomic E-state index is 13.0. The number of benzene rings is 1. The molecule has 1 saturated heterocycles. The average Bonchev–Trinajstić information content (AvgIpc) is 3.16. The molecule has 0 spiro atoms. The zero-order valence-corrected chi connectivity index (χ0v) is 18.0. The van der Waals surface area contributed by atoms with E-state index in [2.05, 4.69) is 5.32 Å². The lowest BCUT2D eigenvalue weighted by molar-refractivity contribution is 0.0928. The Labute approximate surface area is 169 Å². The molecule has 1 fully saturated rings. The maximum absolute atomic E-state index is 13.0. The van der Waals surface area contributed by atoms with Crippen LogP contribution in [0.25, 0.3) is 0 Å². The molecule has 0 radical (unpaired) electrons. The van der Waals surface area contributed by atoms with Crippen molar-refractivity contribution < 1.29 is 21.6 Å². The van der Waals surface area contributed by atoms with Crippen molar-refractivity contribution in [3.63, 3.8) is 0 Å². The minimum atomic E-state index is -3.81. The van der Waals surface area contributed by atoms with E-state index in [1.807, 2.05) is 11.4 Å². The van der Waals surface area contributed by atoms with Crippen LogP contribution in [0.4, 0.5) is 0 Å². The van der Waals surface area contributed by atoms with Crippen molar-refractivity contribution in [1.29, 1.82) is 0 Å². The number of carbonyl (C=O) groups excluding carboxylic acids is 1. The smallest absolute Gasteiger partial charge is 0.261 e. The Bertz CT molecular complexity index is 1070. The third-order valence-corrected chi connectivity index (χ3v) is 8.76. The summed E-state index contributed by atoms with van der Waals surface area (Å²) < 4.78 is 51.0. The minimum Gasteiger partial charge on any atom is -0.349 e. The Hall–Kier alpha value is -1.75. The topological polar surface area (TPSA) is 101 Å². The first-order chi connectivity index (χ1) is 13.1. The highest BCUT2D eigenvalue weighted by atomic mass is 32.2. The Balaban J connectivity index is 1.72. The molecule has 0 saturated carbocycles. The van der Waals surface area contributed by atoms with Gasteiger partial charge in [-0.05, 0) is 48.9 Å². The highest BCUT2D eigenvalue weighted by Gasteiger charge is 2.31. The van der Waals surface area contributed by atoms with Crippen LogP contribution in [0.2, 0.25) is 0 Å². The fourth-order valence-corrected chi connectivity index (χ4v) is 6.20. The molecule has 0 unspecified atom stereocenters. The summed E-state index contributed by atoms with van der Waals surface area (Å²) in [6, 6.07) is 7.61. The van der Waals surface area contributed by atoms with Crippen molar-refractivity contribution >= 4 is 37.1 Å². The first kappa shape index (κ1) is 21.0. The summed E-state index contributed by atoms with van der Waals surface area (Å²) in [7, 11) is -7.32. The predicted octanol–water partition coefficient (Wildman–Crippen LogP) is 2.04. The molecule has 2 heterocycles. The first-order valence-corrected chi connectivity index (χ1v) is 13.0. The Kier molecular flexibility index (Phi) is 5.95. The van der Waals surface area contributed by atoms with E-state index in [1.165, 1.54) is 33.8 Å². The van der Waals surface area contributed by atoms with Gasteiger partial charge in [0, 0.05) is 25.4 Å². The van der Waals surface area contributed by atoms with Gasteiger partial charge in [0.1, 0.15) is 0 Å². The summed E-state index contributed by atoms with van der Waals surface area (Å²) in [5.74, 6) is -0.145. The molecular formula is C18H22N2O5S3. The van der Waals surface area contributed by atoms with E-state index < -0.39 is 19.9 Å². The van der Waals surface area contributed by atoms with Gasteiger partial charge >= 0.3 is 0 Å². The molecule has 0 atom stereocenters. The number of rotatable bonds is 5. The zero-order valence-electron chi connectivity index (χ0n) is 15.6.